The molecule has 0 saturated carbocycles. The van der Waals surface area contributed by atoms with Gasteiger partial charge < -0.3 is 15.5 Å². The summed E-state index contributed by atoms with van der Waals surface area (Å²) in [6, 6.07) is 3.93. The Labute approximate surface area is 175 Å². The Hall–Kier alpha value is -2.53. The third-order valence-corrected chi connectivity index (χ3v) is 4.86. The summed E-state index contributed by atoms with van der Waals surface area (Å²) in [6.45, 7) is 5.63. The van der Waals surface area contributed by atoms with Crippen molar-refractivity contribution >= 4 is 21.9 Å². The molecule has 166 valence electrons. The van der Waals surface area contributed by atoms with Crippen LogP contribution in [-0.2, 0) is 16.4 Å². The molecule has 4 N–H and O–H groups in total. The molecule has 0 aliphatic carbocycles. The summed E-state index contributed by atoms with van der Waals surface area (Å²) < 4.78 is 39.2. The number of hydrogen-bond donors (Lipinski definition) is 4. The predicted molar refractivity (Wildman–Crippen MR) is 112 cm³/mol. The monoisotopic (exact) mass is 441 g/mol. The Balaban J connectivity index is 2.34. The van der Waals surface area contributed by atoms with Crippen LogP contribution >= 0.6 is 0 Å². The van der Waals surface area contributed by atoms with E-state index in [0.717, 1.165) is 12.3 Å². The highest BCUT2D eigenvalue weighted by atomic mass is 32.2. The van der Waals surface area contributed by atoms with Gasteiger partial charge in [-0.25, -0.2) is 12.8 Å². The summed E-state index contributed by atoms with van der Waals surface area (Å²) in [5.41, 5.74) is 0.385. The lowest BCUT2D eigenvalue weighted by molar-refractivity contribution is 0.259. The molecule has 2 unspecified atom stereocenters. The van der Waals surface area contributed by atoms with E-state index >= 15 is 0 Å². The van der Waals surface area contributed by atoms with E-state index in [0.29, 0.717) is 17.9 Å². The molecule has 30 heavy (non-hydrogen) atoms. The molecule has 0 aliphatic heterocycles. The first-order chi connectivity index (χ1) is 14.0. The molecule has 0 bridgehead atoms. The maximum atomic E-state index is 13.7. The van der Waals surface area contributed by atoms with Crippen molar-refractivity contribution in [1.82, 2.24) is 15.0 Å². The van der Waals surface area contributed by atoms with Crippen LogP contribution in [0.15, 0.2) is 18.2 Å². The molecule has 2 atom stereocenters. The van der Waals surface area contributed by atoms with Crippen LogP contribution in [0.4, 0.5) is 16.3 Å². The highest BCUT2D eigenvalue weighted by Gasteiger charge is 2.19. The lowest BCUT2D eigenvalue weighted by atomic mass is 9.96. The van der Waals surface area contributed by atoms with E-state index < -0.39 is 21.6 Å². The average Bonchev–Trinajstić information content (AvgIpc) is 2.61. The molecule has 0 fully saturated rings. The van der Waals surface area contributed by atoms with E-state index in [1.807, 2.05) is 13.8 Å². The molecular weight excluding hydrogens is 413 g/mol. The number of aliphatic hydroxyl groups excluding tert-OH is 1. The molecule has 1 heterocycles. The van der Waals surface area contributed by atoms with Gasteiger partial charge in [-0.05, 0) is 24.3 Å². The zero-order chi connectivity index (χ0) is 22.5. The molecule has 0 saturated heterocycles. The van der Waals surface area contributed by atoms with E-state index in [1.165, 1.54) is 6.07 Å². The molecule has 0 radical (unpaired) electrons. The fourth-order valence-electron chi connectivity index (χ4n) is 3.03. The van der Waals surface area contributed by atoms with Gasteiger partial charge in [0.05, 0.1) is 18.9 Å². The van der Waals surface area contributed by atoms with Crippen molar-refractivity contribution in [2.24, 2.45) is 5.92 Å². The minimum atomic E-state index is -3.63. The van der Waals surface area contributed by atoms with Crippen molar-refractivity contribution in [2.45, 2.75) is 45.6 Å². The van der Waals surface area contributed by atoms with Crippen molar-refractivity contribution in [3.05, 3.63) is 35.4 Å². The molecule has 9 nitrogen and oxygen atoms in total. The Bertz CT molecular complexity index is 971. The van der Waals surface area contributed by atoms with Crippen LogP contribution in [-0.4, -0.2) is 52.5 Å². The highest BCUT2D eigenvalue weighted by molar-refractivity contribution is 7.91. The number of benzene rings is 1. The Kier molecular flexibility index (Phi) is 7.90. The van der Waals surface area contributed by atoms with Gasteiger partial charge in [0.2, 0.25) is 21.9 Å². The van der Waals surface area contributed by atoms with Crippen LogP contribution in [0.3, 0.4) is 0 Å². The third-order valence-electron chi connectivity index (χ3n) is 4.31. The van der Waals surface area contributed by atoms with Crippen LogP contribution in [0.1, 0.15) is 44.5 Å². The normalized spacial score (nSPS) is 13.8. The first-order valence-corrected chi connectivity index (χ1v) is 11.4. The summed E-state index contributed by atoms with van der Waals surface area (Å²) in [4.78, 5) is 12.5. The molecule has 0 aliphatic rings. The van der Waals surface area contributed by atoms with E-state index in [4.69, 9.17) is 0 Å². The number of hydrogen-bond acceptors (Lipinski definition) is 8. The SMILES string of the molecule is CC(C)CC(CO)Nc1nc(CC(C)c2cccc(F)c2O)nc(NS(C)(=O)=O)n1. The number of sulfonamides is 1. The predicted octanol–water partition coefficient (Wildman–Crippen LogP) is 2.25. The molecule has 2 aromatic rings. The summed E-state index contributed by atoms with van der Waals surface area (Å²) in [5.74, 6) is -1.02. The number of para-hydroxylation sites is 1. The summed E-state index contributed by atoms with van der Waals surface area (Å²) in [6.07, 6.45) is 1.83. The Morgan fingerprint density at radius 2 is 1.80 bits per heavy atom. The standard InChI is InChI=1S/C19H28FN5O4S/c1-11(2)8-13(10-26)21-18-22-16(23-19(24-18)25-30(4,28)29)9-12(3)14-6-5-7-15(20)17(14)27/h5-7,11-13,26-27H,8-10H2,1-4H3,(H2,21,22,23,24,25). The Morgan fingerprint density at radius 3 is 2.40 bits per heavy atom. The maximum Gasteiger partial charge on any atom is 0.241 e. The van der Waals surface area contributed by atoms with Crippen molar-refractivity contribution < 1.29 is 23.0 Å². The third kappa shape index (κ3) is 7.06. The van der Waals surface area contributed by atoms with Crippen LogP contribution < -0.4 is 10.0 Å². The quantitative estimate of drug-likeness (QED) is 0.441. The number of aromatic hydroxyl groups is 1. The minimum absolute atomic E-state index is 0.113. The van der Waals surface area contributed by atoms with Gasteiger partial charge in [-0.3, -0.25) is 4.72 Å². The zero-order valence-electron chi connectivity index (χ0n) is 17.4. The molecular formula is C19H28FN5O4S. The second-order valence-electron chi connectivity index (χ2n) is 7.71. The van der Waals surface area contributed by atoms with Crippen molar-refractivity contribution in [3.8, 4) is 5.75 Å². The number of phenols is 1. The number of rotatable bonds is 10. The fraction of sp³-hybridized carbons (Fsp3) is 0.526. The number of nitrogens with one attached hydrogen (secondary N) is 2. The van der Waals surface area contributed by atoms with Gasteiger partial charge in [0.15, 0.2) is 11.6 Å². The number of aromatic nitrogens is 3. The molecule has 11 heteroatoms. The Morgan fingerprint density at radius 1 is 1.13 bits per heavy atom. The summed E-state index contributed by atoms with van der Waals surface area (Å²) >= 11 is 0. The largest absolute Gasteiger partial charge is 0.505 e. The van der Waals surface area contributed by atoms with Crippen LogP contribution in [0.2, 0.25) is 0 Å². The van der Waals surface area contributed by atoms with Crippen LogP contribution in [0.25, 0.3) is 0 Å². The van der Waals surface area contributed by atoms with Gasteiger partial charge in [0, 0.05) is 12.0 Å². The molecule has 1 aromatic heterocycles. The van der Waals surface area contributed by atoms with Gasteiger partial charge >= 0.3 is 0 Å². The summed E-state index contributed by atoms with van der Waals surface area (Å²) in [7, 11) is -3.63. The van der Waals surface area contributed by atoms with Crippen molar-refractivity contribution in [3.63, 3.8) is 0 Å². The van der Waals surface area contributed by atoms with Gasteiger partial charge in [-0.1, -0.05) is 32.9 Å². The van der Waals surface area contributed by atoms with Gasteiger partial charge in [0.25, 0.3) is 0 Å². The average molecular weight is 442 g/mol. The number of phenolic OH excluding ortho intramolecular Hbond substituents is 1. The zero-order valence-corrected chi connectivity index (χ0v) is 18.2. The summed E-state index contributed by atoms with van der Waals surface area (Å²) in [5, 5.41) is 22.6. The van der Waals surface area contributed by atoms with E-state index in [2.05, 4.69) is 25.0 Å². The second-order valence-corrected chi connectivity index (χ2v) is 9.46. The van der Waals surface area contributed by atoms with Gasteiger partial charge in [-0.15, -0.1) is 0 Å². The fourth-order valence-corrected chi connectivity index (χ4v) is 3.45. The van der Waals surface area contributed by atoms with E-state index in [9.17, 15) is 23.0 Å². The molecule has 1 aromatic carbocycles. The smallest absolute Gasteiger partial charge is 0.241 e. The van der Waals surface area contributed by atoms with Crippen molar-refractivity contribution in [2.75, 3.05) is 22.9 Å². The van der Waals surface area contributed by atoms with Crippen molar-refractivity contribution in [1.29, 1.82) is 0 Å². The number of anilines is 2. The number of aliphatic hydroxyl groups is 1. The molecule has 0 spiro atoms. The second kappa shape index (κ2) is 9.98. The van der Waals surface area contributed by atoms with Gasteiger partial charge in [-0.2, -0.15) is 15.0 Å². The minimum Gasteiger partial charge on any atom is -0.505 e. The molecule has 0 amide bonds. The van der Waals surface area contributed by atoms with E-state index in [1.54, 1.807) is 13.0 Å². The van der Waals surface area contributed by atoms with Crippen LogP contribution in [0.5, 0.6) is 5.75 Å². The lowest BCUT2D eigenvalue weighted by Gasteiger charge is -2.19. The highest BCUT2D eigenvalue weighted by Crippen LogP contribution is 2.30. The first-order valence-electron chi connectivity index (χ1n) is 9.56. The van der Waals surface area contributed by atoms with Crippen LogP contribution in [0, 0.1) is 11.7 Å². The number of halogens is 1. The number of nitrogens with zero attached hydrogens (tertiary/aromatic N) is 3. The maximum absolute atomic E-state index is 13.7. The lowest BCUT2D eigenvalue weighted by Crippen LogP contribution is -2.27. The topological polar surface area (TPSA) is 137 Å². The van der Waals surface area contributed by atoms with Gasteiger partial charge in [0.1, 0.15) is 5.82 Å². The van der Waals surface area contributed by atoms with E-state index in [-0.39, 0.29) is 42.7 Å². The first kappa shape index (κ1) is 23.7. The molecule has 2 rings (SSSR count).